The summed E-state index contributed by atoms with van der Waals surface area (Å²) >= 11 is 0. The maximum atomic E-state index is 6.45. The third-order valence-electron chi connectivity index (χ3n) is 9.56. The molecule has 4 aromatic heterocycles. The zero-order chi connectivity index (χ0) is 33.5. The first-order chi connectivity index (χ1) is 25.2. The van der Waals surface area contributed by atoms with Crippen molar-refractivity contribution in [3.8, 4) is 45.6 Å². The van der Waals surface area contributed by atoms with Gasteiger partial charge in [-0.2, -0.15) is 0 Å². The zero-order valence-electron chi connectivity index (χ0n) is 26.9. The maximum absolute atomic E-state index is 6.45. The largest absolute Gasteiger partial charge is 0.456 e. The van der Waals surface area contributed by atoms with Gasteiger partial charge in [-0.05, 0) is 59.3 Å². The number of fused-ring (bicyclic) bond motifs is 9. The molecule has 0 atom stereocenters. The molecule has 0 unspecified atom stereocenters. The third kappa shape index (κ3) is 4.38. The van der Waals surface area contributed by atoms with Gasteiger partial charge >= 0.3 is 0 Å². The van der Waals surface area contributed by atoms with E-state index in [2.05, 4.69) is 42.5 Å². The molecule has 0 aliphatic heterocycles. The quantitative estimate of drug-likeness (QED) is 0.186. The van der Waals surface area contributed by atoms with Crippen molar-refractivity contribution in [3.05, 3.63) is 146 Å². The Morgan fingerprint density at radius 1 is 0.353 bits per heavy atom. The lowest BCUT2D eigenvalue weighted by molar-refractivity contribution is 0.619. The lowest BCUT2D eigenvalue weighted by atomic mass is 10.0. The number of nitrogens with zero attached hydrogens (tertiary/aromatic N) is 4. The molecule has 0 aliphatic carbocycles. The van der Waals surface area contributed by atoms with E-state index in [1.54, 1.807) is 0 Å². The highest BCUT2D eigenvalue weighted by molar-refractivity contribution is 6.21. The van der Waals surface area contributed by atoms with E-state index in [0.29, 0.717) is 45.6 Å². The Labute approximate surface area is 289 Å². The van der Waals surface area contributed by atoms with E-state index in [1.807, 2.05) is 103 Å². The van der Waals surface area contributed by atoms with Gasteiger partial charge in [0.25, 0.3) is 0 Å². The fourth-order valence-corrected chi connectivity index (χ4v) is 7.13. The molecule has 0 saturated carbocycles. The fraction of sp³-hybridized carbons (Fsp3) is 0. The van der Waals surface area contributed by atoms with Crippen LogP contribution in [-0.2, 0) is 0 Å². The normalized spacial score (nSPS) is 11.9. The number of furan rings is 2. The highest BCUT2D eigenvalue weighted by Gasteiger charge is 2.22. The molecule has 0 amide bonds. The van der Waals surface area contributed by atoms with Crippen molar-refractivity contribution in [1.82, 2.24) is 19.9 Å². The highest BCUT2D eigenvalue weighted by atomic mass is 16.4. The van der Waals surface area contributed by atoms with Crippen LogP contribution in [0.15, 0.2) is 159 Å². The Kier molecular flexibility index (Phi) is 5.83. The first-order valence-electron chi connectivity index (χ1n) is 16.7. The second-order valence-electron chi connectivity index (χ2n) is 12.6. The highest BCUT2D eigenvalue weighted by Crippen LogP contribution is 2.41. The molecule has 0 spiro atoms. The lowest BCUT2D eigenvalue weighted by Crippen LogP contribution is -2.00. The van der Waals surface area contributed by atoms with Crippen LogP contribution in [0.2, 0.25) is 0 Å². The summed E-state index contributed by atoms with van der Waals surface area (Å²) in [4.78, 5) is 20.2. The molecule has 7 aromatic carbocycles. The molecule has 0 saturated heterocycles. The molecule has 0 fully saturated rings. The summed E-state index contributed by atoms with van der Waals surface area (Å²) in [6.07, 6.45) is 0. The molecule has 0 bridgehead atoms. The van der Waals surface area contributed by atoms with E-state index >= 15 is 0 Å². The molecule has 0 radical (unpaired) electrons. The van der Waals surface area contributed by atoms with Gasteiger partial charge < -0.3 is 13.3 Å². The number of hydrogen-bond acceptors (Lipinski definition) is 7. The minimum atomic E-state index is 0.515. The summed E-state index contributed by atoms with van der Waals surface area (Å²) in [5.41, 5.74) is 7.92. The van der Waals surface area contributed by atoms with Gasteiger partial charge in [0, 0.05) is 38.4 Å². The van der Waals surface area contributed by atoms with Crippen LogP contribution < -0.4 is 0 Å². The number of hydrogen-bond donors (Lipinski definition) is 0. The van der Waals surface area contributed by atoms with Crippen LogP contribution in [0.1, 0.15) is 0 Å². The summed E-state index contributed by atoms with van der Waals surface area (Å²) in [6, 6.07) is 48.5. The number of para-hydroxylation sites is 1. The van der Waals surface area contributed by atoms with Gasteiger partial charge in [0.15, 0.2) is 23.1 Å². The van der Waals surface area contributed by atoms with Crippen LogP contribution in [0.25, 0.3) is 111 Å². The van der Waals surface area contributed by atoms with Crippen molar-refractivity contribution in [2.45, 2.75) is 0 Å². The first-order valence-corrected chi connectivity index (χ1v) is 16.7. The molecule has 51 heavy (non-hydrogen) atoms. The van der Waals surface area contributed by atoms with Crippen LogP contribution in [0.5, 0.6) is 0 Å². The zero-order valence-corrected chi connectivity index (χ0v) is 26.9. The monoisotopic (exact) mass is 656 g/mol. The van der Waals surface area contributed by atoms with Gasteiger partial charge in [-0.1, -0.05) is 97.1 Å². The van der Waals surface area contributed by atoms with Gasteiger partial charge in [-0.15, -0.1) is 0 Å². The van der Waals surface area contributed by atoms with Gasteiger partial charge in [0.05, 0.1) is 5.39 Å². The van der Waals surface area contributed by atoms with Crippen LogP contribution in [-0.4, -0.2) is 19.9 Å². The summed E-state index contributed by atoms with van der Waals surface area (Å²) in [5.74, 6) is 2.23. The van der Waals surface area contributed by atoms with E-state index < -0.39 is 0 Å². The minimum Gasteiger partial charge on any atom is -0.456 e. The van der Waals surface area contributed by atoms with Gasteiger partial charge in [0.1, 0.15) is 27.8 Å². The molecule has 7 nitrogen and oxygen atoms in total. The predicted octanol–water partition coefficient (Wildman–Crippen LogP) is 11.6. The van der Waals surface area contributed by atoms with Crippen molar-refractivity contribution >= 4 is 65.7 Å². The Bertz CT molecular complexity index is 3160. The average Bonchev–Trinajstić information content (AvgIpc) is 3.91. The van der Waals surface area contributed by atoms with Crippen molar-refractivity contribution in [2.24, 2.45) is 0 Å². The summed E-state index contributed by atoms with van der Waals surface area (Å²) in [5, 5.41) is 6.04. The third-order valence-corrected chi connectivity index (χ3v) is 9.56. The van der Waals surface area contributed by atoms with Gasteiger partial charge in [-0.3, -0.25) is 0 Å². The van der Waals surface area contributed by atoms with Crippen molar-refractivity contribution in [2.75, 3.05) is 0 Å². The van der Waals surface area contributed by atoms with Gasteiger partial charge in [0.2, 0.25) is 5.89 Å². The second kappa shape index (κ2) is 10.7. The van der Waals surface area contributed by atoms with E-state index in [1.165, 1.54) is 0 Å². The predicted molar refractivity (Wildman–Crippen MR) is 201 cm³/mol. The van der Waals surface area contributed by atoms with Crippen molar-refractivity contribution in [3.63, 3.8) is 0 Å². The molecule has 0 N–H and O–H groups in total. The van der Waals surface area contributed by atoms with E-state index in [-0.39, 0.29) is 0 Å². The molecular weight excluding hydrogens is 633 g/mol. The maximum Gasteiger partial charge on any atom is 0.227 e. The Hall–Kier alpha value is -7.12. The Morgan fingerprint density at radius 2 is 1.02 bits per heavy atom. The number of aromatic nitrogens is 4. The minimum absolute atomic E-state index is 0.515. The summed E-state index contributed by atoms with van der Waals surface area (Å²) in [6.45, 7) is 0. The summed E-state index contributed by atoms with van der Waals surface area (Å²) < 4.78 is 18.9. The topological polar surface area (TPSA) is 91.0 Å². The van der Waals surface area contributed by atoms with Gasteiger partial charge in [-0.25, -0.2) is 19.9 Å². The lowest BCUT2D eigenvalue weighted by Gasteiger charge is -2.10. The van der Waals surface area contributed by atoms with Crippen LogP contribution >= 0.6 is 0 Å². The second-order valence-corrected chi connectivity index (χ2v) is 12.6. The van der Waals surface area contributed by atoms with E-state index in [0.717, 1.165) is 65.7 Å². The molecule has 4 heterocycles. The van der Waals surface area contributed by atoms with Crippen LogP contribution in [0.3, 0.4) is 0 Å². The smallest absolute Gasteiger partial charge is 0.227 e. The Morgan fingerprint density at radius 3 is 1.94 bits per heavy atom. The average molecular weight is 657 g/mol. The molecular formula is C44H24N4O3. The molecule has 11 aromatic rings. The number of rotatable bonds is 4. The van der Waals surface area contributed by atoms with Crippen LogP contribution in [0, 0.1) is 0 Å². The van der Waals surface area contributed by atoms with Crippen molar-refractivity contribution in [1.29, 1.82) is 0 Å². The van der Waals surface area contributed by atoms with Crippen molar-refractivity contribution < 1.29 is 13.3 Å². The molecule has 11 rings (SSSR count). The Balaban J connectivity index is 1.13. The number of benzene rings is 7. The van der Waals surface area contributed by atoms with Crippen LogP contribution in [0.4, 0.5) is 0 Å². The first kappa shape index (κ1) is 27.8. The summed E-state index contributed by atoms with van der Waals surface area (Å²) in [7, 11) is 0. The fourth-order valence-electron chi connectivity index (χ4n) is 7.13. The molecule has 0 aliphatic rings. The molecule has 7 heteroatoms. The van der Waals surface area contributed by atoms with E-state index in [4.69, 9.17) is 33.2 Å². The number of oxazole rings is 1. The standard InChI is InChI=1S/C44H24N4O3/c1-2-10-26(11-3-1)41-46-42(28-18-17-25-9-4-5-12-27(25)23-28)48-43(47-41)31-14-8-16-35-38(31)39-36(50-35)21-22-37-40(39)45-44(51-37)29-19-20-34-32(24-29)30-13-6-7-15-33(30)49-34/h1-24H. The SMILES string of the molecule is c1ccc(-c2nc(-c3ccc4ccccc4c3)nc(-c3cccc4oc5ccc6oc(-c7ccc8oc9ccccc9c8c7)nc6c5c34)n2)cc1. The van der Waals surface area contributed by atoms with E-state index in [9.17, 15) is 0 Å². The molecule has 238 valence electrons.